The third-order valence-electron chi connectivity index (χ3n) is 5.24. The Morgan fingerprint density at radius 2 is 1.85 bits per heavy atom. The van der Waals surface area contributed by atoms with E-state index in [0.29, 0.717) is 27.2 Å². The van der Waals surface area contributed by atoms with Crippen LogP contribution in [0.2, 0.25) is 10.0 Å². The summed E-state index contributed by atoms with van der Waals surface area (Å²) in [5.41, 5.74) is 1.30. The van der Waals surface area contributed by atoms with E-state index in [9.17, 15) is 13.2 Å². The van der Waals surface area contributed by atoms with E-state index in [1.807, 2.05) is 13.0 Å². The van der Waals surface area contributed by atoms with Gasteiger partial charge >= 0.3 is 0 Å². The van der Waals surface area contributed by atoms with Crippen LogP contribution >= 0.6 is 23.2 Å². The molecule has 7 nitrogen and oxygen atoms in total. The zero-order valence-corrected chi connectivity index (χ0v) is 20.5. The van der Waals surface area contributed by atoms with E-state index in [1.165, 1.54) is 28.6 Å². The van der Waals surface area contributed by atoms with E-state index in [-0.39, 0.29) is 24.6 Å². The Labute approximate surface area is 208 Å². The summed E-state index contributed by atoms with van der Waals surface area (Å²) >= 11 is 12.0. The molecule has 0 unspecified atom stereocenters. The van der Waals surface area contributed by atoms with E-state index in [0.717, 1.165) is 5.56 Å². The molecule has 178 valence electrons. The third kappa shape index (κ3) is 5.24. The van der Waals surface area contributed by atoms with Crippen molar-refractivity contribution in [2.45, 2.75) is 17.9 Å². The van der Waals surface area contributed by atoms with E-state index < -0.39 is 22.0 Å². The standard InChI is InChI=1S/C24H22Cl2N2O5S/c1-16-6-9-18(14-20(16)26)32-13-12-27-24(29)23-15-28(21-4-2-3-5-22(21)33-23)34(30,31)19-10-7-17(25)8-11-19/h2-11,14,23H,12-13,15H2,1H3,(H,27,29)/t23-/m0/s1. The van der Waals surface area contributed by atoms with Gasteiger partial charge in [-0.1, -0.05) is 41.4 Å². The lowest BCUT2D eigenvalue weighted by Crippen LogP contribution is -2.51. The number of sulfonamides is 1. The highest BCUT2D eigenvalue weighted by molar-refractivity contribution is 7.92. The molecule has 3 aromatic rings. The number of carbonyl (C=O) groups is 1. The fraction of sp³-hybridized carbons (Fsp3) is 0.208. The van der Waals surface area contributed by atoms with Crippen LogP contribution in [0.1, 0.15) is 5.56 Å². The number of hydrogen-bond donors (Lipinski definition) is 1. The zero-order valence-electron chi connectivity index (χ0n) is 18.2. The lowest BCUT2D eigenvalue weighted by Gasteiger charge is -2.34. The minimum Gasteiger partial charge on any atom is -0.492 e. The van der Waals surface area contributed by atoms with Gasteiger partial charge < -0.3 is 14.8 Å². The highest BCUT2D eigenvalue weighted by atomic mass is 35.5. The van der Waals surface area contributed by atoms with Crippen LogP contribution in [0, 0.1) is 6.92 Å². The number of aryl methyl sites for hydroxylation is 1. The van der Waals surface area contributed by atoms with Gasteiger partial charge in [0, 0.05) is 10.0 Å². The summed E-state index contributed by atoms with van der Waals surface area (Å²) in [6.45, 7) is 2.13. The van der Waals surface area contributed by atoms with Crippen molar-refractivity contribution >= 4 is 44.8 Å². The number of rotatable bonds is 7. The summed E-state index contributed by atoms with van der Waals surface area (Å²) in [6, 6.07) is 17.9. The van der Waals surface area contributed by atoms with Gasteiger partial charge in [-0.15, -0.1) is 0 Å². The Bertz CT molecular complexity index is 1300. The van der Waals surface area contributed by atoms with Crippen LogP contribution in [-0.4, -0.2) is 40.1 Å². The van der Waals surface area contributed by atoms with E-state index in [4.69, 9.17) is 32.7 Å². The van der Waals surface area contributed by atoms with Crippen molar-refractivity contribution in [3.63, 3.8) is 0 Å². The molecule has 1 N–H and O–H groups in total. The van der Waals surface area contributed by atoms with Gasteiger partial charge in [0.05, 0.1) is 23.7 Å². The number of para-hydroxylation sites is 2. The lowest BCUT2D eigenvalue weighted by molar-refractivity contribution is -0.127. The Kier molecular flexibility index (Phi) is 7.21. The van der Waals surface area contributed by atoms with E-state index in [1.54, 1.807) is 36.4 Å². The largest absolute Gasteiger partial charge is 0.492 e. The van der Waals surface area contributed by atoms with Crippen LogP contribution in [0.15, 0.2) is 71.6 Å². The summed E-state index contributed by atoms with van der Waals surface area (Å²) in [7, 11) is -3.95. The number of nitrogens with zero attached hydrogens (tertiary/aromatic N) is 1. The minimum atomic E-state index is -3.95. The van der Waals surface area contributed by atoms with Gasteiger partial charge in [0.2, 0.25) is 0 Å². The van der Waals surface area contributed by atoms with Crippen molar-refractivity contribution in [3.05, 3.63) is 82.3 Å². The van der Waals surface area contributed by atoms with Crippen molar-refractivity contribution in [1.29, 1.82) is 0 Å². The Balaban J connectivity index is 1.45. The molecule has 1 aliphatic rings. The summed E-state index contributed by atoms with van der Waals surface area (Å²) in [4.78, 5) is 12.9. The molecule has 0 bridgehead atoms. The maximum absolute atomic E-state index is 13.4. The van der Waals surface area contributed by atoms with Gasteiger partial charge in [-0.2, -0.15) is 0 Å². The zero-order chi connectivity index (χ0) is 24.3. The average molecular weight is 521 g/mol. The van der Waals surface area contributed by atoms with Crippen molar-refractivity contribution < 1.29 is 22.7 Å². The molecule has 0 spiro atoms. The number of halogens is 2. The first-order valence-corrected chi connectivity index (χ1v) is 12.7. The number of hydrogen-bond acceptors (Lipinski definition) is 5. The highest BCUT2D eigenvalue weighted by Crippen LogP contribution is 2.37. The second-order valence-corrected chi connectivity index (χ2v) is 10.3. The van der Waals surface area contributed by atoms with Crippen molar-refractivity contribution in [1.82, 2.24) is 5.32 Å². The second kappa shape index (κ2) is 10.1. The molecular weight excluding hydrogens is 499 g/mol. The molecule has 1 heterocycles. The fourth-order valence-electron chi connectivity index (χ4n) is 3.42. The van der Waals surface area contributed by atoms with Gasteiger partial charge in [-0.3, -0.25) is 9.10 Å². The summed E-state index contributed by atoms with van der Waals surface area (Å²) in [5, 5.41) is 3.76. The first-order chi connectivity index (χ1) is 16.3. The molecule has 3 aromatic carbocycles. The molecule has 34 heavy (non-hydrogen) atoms. The van der Waals surface area contributed by atoms with Crippen LogP contribution in [-0.2, 0) is 14.8 Å². The summed E-state index contributed by atoms with van der Waals surface area (Å²) < 4.78 is 39.4. The minimum absolute atomic E-state index is 0.0675. The molecular formula is C24H22Cl2N2O5S. The lowest BCUT2D eigenvalue weighted by atomic mass is 10.2. The number of amides is 1. The van der Waals surface area contributed by atoms with Crippen LogP contribution in [0.5, 0.6) is 11.5 Å². The van der Waals surface area contributed by atoms with Gasteiger partial charge in [-0.05, 0) is 61.0 Å². The molecule has 10 heteroatoms. The number of benzene rings is 3. The molecule has 1 atom stereocenters. The smallest absolute Gasteiger partial charge is 0.264 e. The van der Waals surface area contributed by atoms with Gasteiger partial charge in [0.25, 0.3) is 15.9 Å². The SMILES string of the molecule is Cc1ccc(OCCNC(=O)[C@@H]2CN(S(=O)(=O)c3ccc(Cl)cc3)c3ccccc3O2)cc1Cl. The molecule has 0 fully saturated rings. The van der Waals surface area contributed by atoms with Crippen molar-refractivity contribution in [2.75, 3.05) is 24.0 Å². The number of anilines is 1. The molecule has 1 aliphatic heterocycles. The number of nitrogens with one attached hydrogen (secondary N) is 1. The van der Waals surface area contributed by atoms with Crippen molar-refractivity contribution in [3.8, 4) is 11.5 Å². The Morgan fingerprint density at radius 3 is 2.59 bits per heavy atom. The van der Waals surface area contributed by atoms with Gasteiger partial charge in [-0.25, -0.2) is 8.42 Å². The van der Waals surface area contributed by atoms with Crippen LogP contribution < -0.4 is 19.1 Å². The first kappa shape index (κ1) is 24.2. The molecule has 1 amide bonds. The number of ether oxygens (including phenoxy) is 2. The fourth-order valence-corrected chi connectivity index (χ4v) is 5.19. The quantitative estimate of drug-likeness (QED) is 0.465. The molecule has 0 aliphatic carbocycles. The Hall–Kier alpha value is -2.94. The molecule has 0 saturated carbocycles. The van der Waals surface area contributed by atoms with E-state index >= 15 is 0 Å². The number of fused-ring (bicyclic) bond motifs is 1. The molecule has 0 aromatic heterocycles. The second-order valence-electron chi connectivity index (χ2n) is 7.61. The first-order valence-electron chi connectivity index (χ1n) is 10.5. The maximum Gasteiger partial charge on any atom is 0.264 e. The molecule has 0 saturated heterocycles. The van der Waals surface area contributed by atoms with Gasteiger partial charge in [0.1, 0.15) is 18.1 Å². The predicted octanol–water partition coefficient (Wildman–Crippen LogP) is 4.45. The number of carbonyl (C=O) groups excluding carboxylic acids is 1. The average Bonchev–Trinajstić information content (AvgIpc) is 2.83. The van der Waals surface area contributed by atoms with Gasteiger partial charge in [0.15, 0.2) is 6.10 Å². The van der Waals surface area contributed by atoms with E-state index in [2.05, 4.69) is 5.32 Å². The molecule has 0 radical (unpaired) electrons. The Morgan fingerprint density at radius 1 is 1.12 bits per heavy atom. The monoisotopic (exact) mass is 520 g/mol. The van der Waals surface area contributed by atoms with Crippen LogP contribution in [0.4, 0.5) is 5.69 Å². The third-order valence-corrected chi connectivity index (χ3v) is 7.70. The van der Waals surface area contributed by atoms with Crippen LogP contribution in [0.3, 0.4) is 0 Å². The normalized spacial score (nSPS) is 15.3. The summed E-state index contributed by atoms with van der Waals surface area (Å²) in [5.74, 6) is 0.446. The predicted molar refractivity (Wildman–Crippen MR) is 132 cm³/mol. The van der Waals surface area contributed by atoms with Crippen LogP contribution in [0.25, 0.3) is 0 Å². The maximum atomic E-state index is 13.4. The van der Waals surface area contributed by atoms with Crippen molar-refractivity contribution in [2.24, 2.45) is 0 Å². The topological polar surface area (TPSA) is 84.9 Å². The molecule has 4 rings (SSSR count). The highest BCUT2D eigenvalue weighted by Gasteiger charge is 2.37. The summed E-state index contributed by atoms with van der Waals surface area (Å²) in [6.07, 6.45) is -1.04.